The number of piperazine rings is 1. The molecule has 0 radical (unpaired) electrons. The van der Waals surface area contributed by atoms with Crippen LogP contribution in [0.5, 0.6) is 0 Å². The van der Waals surface area contributed by atoms with Crippen molar-refractivity contribution >= 4 is 22.7 Å². The topological polar surface area (TPSA) is 138 Å². The number of nitrogens with zero attached hydrogens (tertiary/aromatic N) is 8. The third-order valence-electron chi connectivity index (χ3n) is 7.08. The highest BCUT2D eigenvalue weighted by Gasteiger charge is 2.44. The molecule has 2 fully saturated rings. The Bertz CT molecular complexity index is 1410. The van der Waals surface area contributed by atoms with E-state index in [-0.39, 0.29) is 0 Å². The lowest BCUT2D eigenvalue weighted by molar-refractivity contribution is -0.0511. The molecule has 2 aliphatic rings. The molecule has 3 aromatic heterocycles. The van der Waals surface area contributed by atoms with Gasteiger partial charge in [0.05, 0.1) is 19.1 Å². The van der Waals surface area contributed by atoms with Crippen LogP contribution in [0.2, 0.25) is 0 Å². The zero-order valence-electron chi connectivity index (χ0n) is 20.1. The first-order valence-corrected chi connectivity index (χ1v) is 12.2. The molecular formula is C24H26F2N8O4. The van der Waals surface area contributed by atoms with E-state index in [4.69, 9.17) is 4.74 Å². The van der Waals surface area contributed by atoms with Crippen molar-refractivity contribution in [3.8, 4) is 11.1 Å². The normalized spacial score (nSPS) is 24.2. The van der Waals surface area contributed by atoms with Crippen LogP contribution in [0.15, 0.2) is 49.3 Å². The largest absolute Gasteiger partial charge is 0.394 e. The van der Waals surface area contributed by atoms with Crippen molar-refractivity contribution in [3.05, 3.63) is 49.3 Å². The monoisotopic (exact) mass is 528 g/mol. The lowest BCUT2D eigenvalue weighted by Crippen LogP contribution is -2.47. The zero-order valence-corrected chi connectivity index (χ0v) is 20.1. The molecule has 12 nitrogen and oxygen atoms in total. The van der Waals surface area contributed by atoms with Crippen LogP contribution in [0.3, 0.4) is 0 Å². The number of aliphatic hydroxyl groups excluding tert-OH is 3. The molecule has 0 saturated carbocycles. The number of halogens is 2. The molecule has 0 amide bonds. The van der Waals surface area contributed by atoms with Crippen LogP contribution in [0.25, 0.3) is 22.3 Å². The van der Waals surface area contributed by atoms with E-state index in [9.17, 15) is 24.1 Å². The van der Waals surface area contributed by atoms with Crippen molar-refractivity contribution in [1.82, 2.24) is 29.3 Å². The lowest BCUT2D eigenvalue weighted by Gasteiger charge is -2.36. The van der Waals surface area contributed by atoms with E-state index in [0.29, 0.717) is 40.3 Å². The average Bonchev–Trinajstić information content (AvgIpc) is 3.67. The highest BCUT2D eigenvalue weighted by molar-refractivity contribution is 5.83. The van der Waals surface area contributed by atoms with Crippen molar-refractivity contribution in [2.45, 2.75) is 31.1 Å². The smallest absolute Gasteiger partial charge is 0.333 e. The quantitative estimate of drug-likeness (QED) is 0.333. The highest BCUT2D eigenvalue weighted by Crippen LogP contribution is 2.33. The van der Waals surface area contributed by atoms with E-state index in [2.05, 4.69) is 29.9 Å². The molecule has 1 aromatic carbocycles. The molecule has 2 saturated heterocycles. The Morgan fingerprint density at radius 3 is 2.34 bits per heavy atom. The SMILES string of the molecule is OC[C@H]1O[C@@H](n2cnc3c(N4CCN(c5ccc(-c6cnn(C(F)F)c6)cc5)CC4)ncnc32)[C@H](O)[C@@H]1O. The molecule has 0 unspecified atom stereocenters. The van der Waals surface area contributed by atoms with Gasteiger partial charge in [0.2, 0.25) is 0 Å². The molecule has 3 N–H and O–H groups in total. The minimum absolute atomic E-state index is 0.419. The van der Waals surface area contributed by atoms with Gasteiger partial charge in [0.15, 0.2) is 23.2 Å². The van der Waals surface area contributed by atoms with Crippen LogP contribution in [-0.4, -0.2) is 95.7 Å². The molecule has 200 valence electrons. The fourth-order valence-electron chi connectivity index (χ4n) is 5.00. The first-order chi connectivity index (χ1) is 18.4. The van der Waals surface area contributed by atoms with E-state index in [1.54, 1.807) is 4.57 Å². The van der Waals surface area contributed by atoms with Crippen LogP contribution >= 0.6 is 0 Å². The minimum atomic E-state index is -2.67. The molecule has 0 bridgehead atoms. The summed E-state index contributed by atoms with van der Waals surface area (Å²) in [5.74, 6) is 0.659. The number of aromatic nitrogens is 6. The number of rotatable bonds is 6. The first kappa shape index (κ1) is 24.6. The maximum atomic E-state index is 12.8. The predicted octanol–water partition coefficient (Wildman–Crippen LogP) is 1.02. The van der Waals surface area contributed by atoms with Crippen molar-refractivity contribution in [1.29, 1.82) is 0 Å². The minimum Gasteiger partial charge on any atom is -0.394 e. The van der Waals surface area contributed by atoms with Gasteiger partial charge in [0.25, 0.3) is 0 Å². The molecule has 6 rings (SSSR count). The van der Waals surface area contributed by atoms with E-state index in [1.807, 2.05) is 24.3 Å². The predicted molar refractivity (Wildman–Crippen MR) is 132 cm³/mol. The standard InChI is InChI=1S/C24H26F2N8O4/c25-24(26)34-10-15(9-30-34)14-1-3-16(4-2-14)31-5-7-32(8-6-31)21-18-22(28-12-27-21)33(13-29-18)23-20(37)19(36)17(11-35)38-23/h1-4,9-10,12-13,17,19-20,23-24,35-37H,5-8,11H2/t17-,19-,20-,23-/m1/s1. The summed E-state index contributed by atoms with van der Waals surface area (Å²) in [4.78, 5) is 17.6. The number of hydrogen-bond donors (Lipinski definition) is 3. The Balaban J connectivity index is 1.15. The van der Waals surface area contributed by atoms with E-state index in [0.717, 1.165) is 24.3 Å². The molecule has 38 heavy (non-hydrogen) atoms. The molecule has 2 aliphatic heterocycles. The Morgan fingerprint density at radius 2 is 1.68 bits per heavy atom. The van der Waals surface area contributed by atoms with Gasteiger partial charge in [0, 0.05) is 43.6 Å². The molecular weight excluding hydrogens is 502 g/mol. The van der Waals surface area contributed by atoms with Crippen LogP contribution in [0.1, 0.15) is 12.8 Å². The summed E-state index contributed by atoms with van der Waals surface area (Å²) in [5, 5.41) is 33.6. The van der Waals surface area contributed by atoms with Gasteiger partial charge < -0.3 is 29.9 Å². The number of anilines is 2. The highest BCUT2D eigenvalue weighted by atomic mass is 19.3. The summed E-state index contributed by atoms with van der Waals surface area (Å²) in [6.45, 7) is -0.282. The molecule has 14 heteroatoms. The molecule has 5 heterocycles. The summed E-state index contributed by atoms with van der Waals surface area (Å²) >= 11 is 0. The molecule has 4 atom stereocenters. The number of imidazole rings is 1. The Morgan fingerprint density at radius 1 is 0.947 bits per heavy atom. The second-order valence-electron chi connectivity index (χ2n) is 9.26. The summed E-state index contributed by atoms with van der Waals surface area (Å²) < 4.78 is 33.5. The van der Waals surface area contributed by atoms with Crippen molar-refractivity contribution in [2.24, 2.45) is 0 Å². The van der Waals surface area contributed by atoms with Crippen LogP contribution in [0, 0.1) is 0 Å². The van der Waals surface area contributed by atoms with Gasteiger partial charge in [-0.1, -0.05) is 12.1 Å². The second-order valence-corrected chi connectivity index (χ2v) is 9.26. The van der Waals surface area contributed by atoms with Gasteiger partial charge in [-0.2, -0.15) is 13.9 Å². The summed E-state index contributed by atoms with van der Waals surface area (Å²) in [6.07, 6.45) is 1.39. The number of hydrogen-bond acceptors (Lipinski definition) is 10. The molecule has 0 aliphatic carbocycles. The van der Waals surface area contributed by atoms with Crippen molar-refractivity contribution in [3.63, 3.8) is 0 Å². The summed E-state index contributed by atoms with van der Waals surface area (Å²) in [5.41, 5.74) is 3.47. The lowest BCUT2D eigenvalue weighted by atomic mass is 10.1. The van der Waals surface area contributed by atoms with Crippen molar-refractivity contribution in [2.75, 3.05) is 42.6 Å². The van der Waals surface area contributed by atoms with E-state index >= 15 is 0 Å². The zero-order chi connectivity index (χ0) is 26.4. The first-order valence-electron chi connectivity index (χ1n) is 12.2. The molecule has 4 aromatic rings. The van der Waals surface area contributed by atoms with Gasteiger partial charge in [-0.25, -0.2) is 19.6 Å². The average molecular weight is 529 g/mol. The van der Waals surface area contributed by atoms with E-state index in [1.165, 1.54) is 25.0 Å². The Kier molecular flexibility index (Phi) is 6.39. The van der Waals surface area contributed by atoms with Crippen LogP contribution in [-0.2, 0) is 4.74 Å². The van der Waals surface area contributed by atoms with Crippen molar-refractivity contribution < 1.29 is 28.8 Å². The number of aliphatic hydroxyl groups is 3. The second kappa shape index (κ2) is 9.87. The van der Waals surface area contributed by atoms with Gasteiger partial charge >= 0.3 is 6.55 Å². The maximum absolute atomic E-state index is 12.8. The third kappa shape index (κ3) is 4.24. The van der Waals surface area contributed by atoms with Gasteiger partial charge in [-0.05, 0) is 17.7 Å². The number of fused-ring (bicyclic) bond motifs is 1. The van der Waals surface area contributed by atoms with Crippen LogP contribution < -0.4 is 9.80 Å². The van der Waals surface area contributed by atoms with Crippen LogP contribution in [0.4, 0.5) is 20.3 Å². The van der Waals surface area contributed by atoms with Gasteiger partial charge in [-0.15, -0.1) is 0 Å². The third-order valence-corrected chi connectivity index (χ3v) is 7.08. The Hall–Kier alpha value is -3.72. The number of benzene rings is 1. The summed E-state index contributed by atoms with van der Waals surface area (Å²) in [6, 6.07) is 7.73. The maximum Gasteiger partial charge on any atom is 0.333 e. The fraction of sp³-hybridized carbons (Fsp3) is 0.417. The van der Waals surface area contributed by atoms with Gasteiger partial charge in [0.1, 0.15) is 24.6 Å². The molecule has 0 spiro atoms. The fourth-order valence-corrected chi connectivity index (χ4v) is 5.00. The number of alkyl halides is 2. The van der Waals surface area contributed by atoms with Gasteiger partial charge in [-0.3, -0.25) is 4.57 Å². The number of ether oxygens (including phenoxy) is 1. The Labute approximate surface area is 215 Å². The summed E-state index contributed by atoms with van der Waals surface area (Å²) in [7, 11) is 0. The van der Waals surface area contributed by atoms with E-state index < -0.39 is 37.7 Å².